The van der Waals surface area contributed by atoms with Crippen molar-refractivity contribution in [1.29, 1.82) is 5.26 Å². The lowest BCUT2D eigenvalue weighted by molar-refractivity contribution is 0.347. The maximum Gasteiger partial charge on any atom is 0.0991 e. The molecule has 2 unspecified atom stereocenters. The zero-order valence-electron chi connectivity index (χ0n) is 12.2. The lowest BCUT2D eigenvalue weighted by Crippen LogP contribution is -2.48. The minimum Gasteiger partial charge on any atom is -0.368 e. The average Bonchev–Trinajstić information content (AvgIpc) is 2.83. The molecule has 0 amide bonds. The van der Waals surface area contributed by atoms with E-state index < -0.39 is 0 Å². The van der Waals surface area contributed by atoms with Gasteiger partial charge in [0.05, 0.1) is 11.6 Å². The molecular weight excluding hydrogens is 246 g/mol. The van der Waals surface area contributed by atoms with Crippen molar-refractivity contribution in [2.24, 2.45) is 0 Å². The number of rotatable bonds is 4. The van der Waals surface area contributed by atoms with E-state index in [2.05, 4.69) is 35.3 Å². The monoisotopic (exact) mass is 269 g/mol. The molecule has 1 aromatic carbocycles. The van der Waals surface area contributed by atoms with Crippen molar-refractivity contribution in [1.82, 2.24) is 5.32 Å². The Labute approximate surface area is 121 Å². The van der Waals surface area contributed by atoms with Crippen LogP contribution < -0.4 is 10.2 Å². The summed E-state index contributed by atoms with van der Waals surface area (Å²) in [5, 5.41) is 12.6. The quantitative estimate of drug-likeness (QED) is 0.913. The van der Waals surface area contributed by atoms with Crippen molar-refractivity contribution in [3.05, 3.63) is 29.8 Å². The number of nitrogens with zero attached hydrogens (tertiary/aromatic N) is 2. The van der Waals surface area contributed by atoms with E-state index in [4.69, 9.17) is 5.26 Å². The van der Waals surface area contributed by atoms with Crippen molar-refractivity contribution >= 4 is 5.69 Å². The third-order valence-corrected chi connectivity index (χ3v) is 4.68. The summed E-state index contributed by atoms with van der Waals surface area (Å²) >= 11 is 0. The first-order valence-electron chi connectivity index (χ1n) is 7.83. The minimum absolute atomic E-state index is 0.654. The molecule has 2 aliphatic rings. The molecule has 2 fully saturated rings. The Hall–Kier alpha value is -1.53. The average molecular weight is 269 g/mol. The third kappa shape index (κ3) is 2.66. The molecule has 0 saturated carbocycles. The van der Waals surface area contributed by atoms with Gasteiger partial charge in [-0.3, -0.25) is 0 Å². The Morgan fingerprint density at radius 2 is 1.85 bits per heavy atom. The third-order valence-electron chi connectivity index (χ3n) is 4.68. The number of hydrogen-bond donors (Lipinski definition) is 1. The first-order chi connectivity index (χ1) is 9.80. The van der Waals surface area contributed by atoms with E-state index >= 15 is 0 Å². The highest BCUT2D eigenvalue weighted by molar-refractivity contribution is 5.50. The lowest BCUT2D eigenvalue weighted by atomic mass is 9.97. The number of anilines is 1. The molecule has 1 N–H and O–H groups in total. The highest BCUT2D eigenvalue weighted by Crippen LogP contribution is 2.32. The van der Waals surface area contributed by atoms with E-state index in [1.54, 1.807) is 0 Å². The summed E-state index contributed by atoms with van der Waals surface area (Å²) in [6.45, 7) is 3.35. The van der Waals surface area contributed by atoms with Crippen LogP contribution in [0, 0.1) is 11.3 Å². The standard InChI is InChI=1S/C17H23N3/c1-2-9-20(16-7-3-13(12-18)4-8-16)17-10-14-5-6-15(11-17)19-14/h3-4,7-8,14-15,17,19H,2,5-6,9-11H2,1H3. The van der Waals surface area contributed by atoms with E-state index in [1.165, 1.54) is 37.8 Å². The summed E-state index contributed by atoms with van der Waals surface area (Å²) in [5.74, 6) is 0. The van der Waals surface area contributed by atoms with Crippen LogP contribution in [-0.2, 0) is 0 Å². The fourth-order valence-corrected chi connectivity index (χ4v) is 3.77. The van der Waals surface area contributed by atoms with Gasteiger partial charge in [0, 0.05) is 30.4 Å². The molecule has 3 nitrogen and oxygen atoms in total. The highest BCUT2D eigenvalue weighted by Gasteiger charge is 2.35. The summed E-state index contributed by atoms with van der Waals surface area (Å²) in [5.41, 5.74) is 2.02. The van der Waals surface area contributed by atoms with Crippen LogP contribution in [0.3, 0.4) is 0 Å². The number of nitriles is 1. The Morgan fingerprint density at radius 1 is 1.20 bits per heavy atom. The predicted octanol–water partition coefficient (Wildman–Crippen LogP) is 3.06. The van der Waals surface area contributed by atoms with Crippen LogP contribution in [0.5, 0.6) is 0 Å². The van der Waals surface area contributed by atoms with Gasteiger partial charge in [0.15, 0.2) is 0 Å². The normalized spacial score (nSPS) is 28.1. The van der Waals surface area contributed by atoms with Gasteiger partial charge in [0.25, 0.3) is 0 Å². The van der Waals surface area contributed by atoms with E-state index in [9.17, 15) is 0 Å². The number of fused-ring (bicyclic) bond motifs is 2. The van der Waals surface area contributed by atoms with Crippen LogP contribution in [0.25, 0.3) is 0 Å². The Morgan fingerprint density at radius 3 is 2.40 bits per heavy atom. The second kappa shape index (κ2) is 5.85. The molecule has 0 aromatic heterocycles. The number of benzene rings is 1. The number of piperidine rings is 1. The van der Waals surface area contributed by atoms with Crippen molar-refractivity contribution in [2.45, 2.75) is 57.2 Å². The highest BCUT2D eigenvalue weighted by atomic mass is 15.2. The smallest absolute Gasteiger partial charge is 0.0991 e. The van der Waals surface area contributed by atoms with Gasteiger partial charge < -0.3 is 10.2 Å². The Balaban J connectivity index is 1.79. The van der Waals surface area contributed by atoms with Crippen LogP contribution >= 0.6 is 0 Å². The molecule has 20 heavy (non-hydrogen) atoms. The van der Waals surface area contributed by atoms with Gasteiger partial charge in [-0.1, -0.05) is 6.92 Å². The molecule has 1 aromatic rings. The summed E-state index contributed by atoms with van der Waals surface area (Å²) < 4.78 is 0. The van der Waals surface area contributed by atoms with Crippen LogP contribution in [0.15, 0.2) is 24.3 Å². The Kier molecular flexibility index (Phi) is 3.93. The van der Waals surface area contributed by atoms with Gasteiger partial charge in [-0.15, -0.1) is 0 Å². The fraction of sp³-hybridized carbons (Fsp3) is 0.588. The fourth-order valence-electron chi connectivity index (χ4n) is 3.77. The number of hydrogen-bond acceptors (Lipinski definition) is 3. The van der Waals surface area contributed by atoms with Crippen molar-refractivity contribution < 1.29 is 0 Å². The first kappa shape index (κ1) is 13.5. The summed E-state index contributed by atoms with van der Waals surface area (Å²) in [6.07, 6.45) is 6.37. The van der Waals surface area contributed by atoms with Gasteiger partial charge in [-0.25, -0.2) is 0 Å². The largest absolute Gasteiger partial charge is 0.368 e. The SMILES string of the molecule is CCCN(c1ccc(C#N)cc1)C1CC2CCC(C1)N2. The summed E-state index contributed by atoms with van der Waals surface area (Å²) in [6, 6.07) is 12.4. The van der Waals surface area contributed by atoms with Crippen LogP contribution in [0.2, 0.25) is 0 Å². The molecule has 0 aliphatic carbocycles. The second-order valence-corrected chi connectivity index (χ2v) is 6.12. The van der Waals surface area contributed by atoms with E-state index in [0.29, 0.717) is 6.04 Å². The molecule has 2 saturated heterocycles. The van der Waals surface area contributed by atoms with E-state index in [-0.39, 0.29) is 0 Å². The van der Waals surface area contributed by atoms with Crippen molar-refractivity contribution in [3.8, 4) is 6.07 Å². The maximum atomic E-state index is 8.93. The molecule has 2 heterocycles. The predicted molar refractivity (Wildman–Crippen MR) is 81.8 cm³/mol. The topological polar surface area (TPSA) is 39.1 Å². The lowest BCUT2D eigenvalue weighted by Gasteiger charge is -2.39. The second-order valence-electron chi connectivity index (χ2n) is 6.12. The molecular formula is C17H23N3. The summed E-state index contributed by atoms with van der Waals surface area (Å²) in [7, 11) is 0. The van der Waals surface area contributed by atoms with Crippen LogP contribution in [-0.4, -0.2) is 24.7 Å². The van der Waals surface area contributed by atoms with Gasteiger partial charge in [-0.2, -0.15) is 5.26 Å². The number of nitrogens with one attached hydrogen (secondary N) is 1. The summed E-state index contributed by atoms with van der Waals surface area (Å²) in [4.78, 5) is 2.56. The minimum atomic E-state index is 0.654. The van der Waals surface area contributed by atoms with Gasteiger partial charge in [-0.05, 0) is 56.4 Å². The molecule has 0 spiro atoms. The van der Waals surface area contributed by atoms with E-state index in [0.717, 1.165) is 24.2 Å². The molecule has 2 bridgehead atoms. The zero-order chi connectivity index (χ0) is 13.9. The Bertz CT molecular complexity index is 476. The van der Waals surface area contributed by atoms with Gasteiger partial charge in [0.1, 0.15) is 0 Å². The molecule has 106 valence electrons. The van der Waals surface area contributed by atoms with Crippen LogP contribution in [0.1, 0.15) is 44.6 Å². The molecule has 3 heteroatoms. The molecule has 2 atom stereocenters. The molecule has 0 radical (unpaired) electrons. The molecule has 3 rings (SSSR count). The van der Waals surface area contributed by atoms with Crippen LogP contribution in [0.4, 0.5) is 5.69 Å². The van der Waals surface area contributed by atoms with Gasteiger partial charge in [0.2, 0.25) is 0 Å². The van der Waals surface area contributed by atoms with Gasteiger partial charge >= 0.3 is 0 Å². The molecule has 2 aliphatic heterocycles. The van der Waals surface area contributed by atoms with E-state index in [1.807, 2.05) is 12.1 Å². The first-order valence-corrected chi connectivity index (χ1v) is 7.83. The van der Waals surface area contributed by atoms with Crippen molar-refractivity contribution in [3.63, 3.8) is 0 Å². The van der Waals surface area contributed by atoms with Crippen molar-refractivity contribution in [2.75, 3.05) is 11.4 Å². The zero-order valence-corrected chi connectivity index (χ0v) is 12.2. The maximum absolute atomic E-state index is 8.93.